The summed E-state index contributed by atoms with van der Waals surface area (Å²) in [7, 11) is 1.38. The topological polar surface area (TPSA) is 93.7 Å². The third-order valence-electron chi connectivity index (χ3n) is 3.95. The number of benzene rings is 2. The molecule has 3 amide bonds. The maximum absolute atomic E-state index is 12.3. The first-order chi connectivity index (χ1) is 12.9. The molecule has 7 nitrogen and oxygen atoms in total. The molecule has 0 heterocycles. The number of imide groups is 1. The van der Waals surface area contributed by atoms with Crippen LogP contribution in [0.4, 0.5) is 4.79 Å². The first-order valence-electron chi connectivity index (χ1n) is 8.38. The Balaban J connectivity index is 2.07. The Labute approximate surface area is 157 Å². The van der Waals surface area contributed by atoms with Crippen LogP contribution >= 0.6 is 0 Å². The molecule has 0 saturated heterocycles. The van der Waals surface area contributed by atoms with E-state index in [1.165, 1.54) is 7.05 Å². The number of hydrogen-bond acceptors (Lipinski definition) is 5. The van der Waals surface area contributed by atoms with Gasteiger partial charge in [0, 0.05) is 12.6 Å². The lowest BCUT2D eigenvalue weighted by Gasteiger charge is -2.18. The second kappa shape index (κ2) is 9.38. The molecule has 2 aromatic rings. The monoisotopic (exact) mass is 370 g/mol. The average molecular weight is 370 g/mol. The minimum absolute atomic E-state index is 0.360. The summed E-state index contributed by atoms with van der Waals surface area (Å²) < 4.78 is 10.8. The van der Waals surface area contributed by atoms with Gasteiger partial charge < -0.3 is 14.8 Å². The van der Waals surface area contributed by atoms with Gasteiger partial charge in [-0.15, -0.1) is 0 Å². The van der Waals surface area contributed by atoms with Gasteiger partial charge in [0.25, 0.3) is 5.91 Å². The molecule has 0 saturated carbocycles. The minimum atomic E-state index is -1.27. The van der Waals surface area contributed by atoms with Gasteiger partial charge in [0.1, 0.15) is 5.75 Å². The van der Waals surface area contributed by atoms with Crippen LogP contribution in [-0.4, -0.2) is 31.6 Å². The van der Waals surface area contributed by atoms with Crippen molar-refractivity contribution in [2.45, 2.75) is 20.0 Å². The summed E-state index contributed by atoms with van der Waals surface area (Å²) in [6, 6.07) is 13.3. The molecule has 0 bridgehead atoms. The molecule has 0 aliphatic rings. The molecular formula is C20H22N2O5. The molecule has 0 fully saturated rings. The SMILES string of the molecule is CNC(=O)NC(=O)[C@H](OC(=O)COc1cccc(C)c1C)c1ccccc1. The Kier molecular flexibility index (Phi) is 6.93. The van der Waals surface area contributed by atoms with Gasteiger partial charge in [-0.05, 0) is 31.0 Å². The van der Waals surface area contributed by atoms with Crippen LogP contribution in [-0.2, 0) is 14.3 Å². The standard InChI is InChI=1S/C20H22N2O5/c1-13-8-7-11-16(14(13)2)26-12-17(23)27-18(15-9-5-4-6-10-15)19(24)22-20(25)21-3/h4-11,18H,12H2,1-3H3,(H2,21,22,24,25)/t18-/m1/s1. The lowest BCUT2D eigenvalue weighted by Crippen LogP contribution is -2.41. The normalized spacial score (nSPS) is 11.2. The van der Waals surface area contributed by atoms with Crippen LogP contribution in [0.15, 0.2) is 48.5 Å². The van der Waals surface area contributed by atoms with Gasteiger partial charge in [-0.3, -0.25) is 10.1 Å². The Hall–Kier alpha value is -3.35. The van der Waals surface area contributed by atoms with Crippen molar-refractivity contribution < 1.29 is 23.9 Å². The van der Waals surface area contributed by atoms with E-state index < -0.39 is 24.0 Å². The summed E-state index contributed by atoms with van der Waals surface area (Å²) in [5.74, 6) is -0.907. The molecule has 0 unspecified atom stereocenters. The van der Waals surface area contributed by atoms with Gasteiger partial charge in [0.05, 0.1) is 0 Å². The van der Waals surface area contributed by atoms with E-state index in [1.807, 2.05) is 26.0 Å². The predicted molar refractivity (Wildman–Crippen MR) is 99.3 cm³/mol. The number of carbonyl (C=O) groups is 3. The van der Waals surface area contributed by atoms with Crippen molar-refractivity contribution in [3.63, 3.8) is 0 Å². The van der Waals surface area contributed by atoms with E-state index >= 15 is 0 Å². The van der Waals surface area contributed by atoms with E-state index in [2.05, 4.69) is 10.6 Å². The lowest BCUT2D eigenvalue weighted by molar-refractivity contribution is -0.158. The van der Waals surface area contributed by atoms with Crippen LogP contribution in [0, 0.1) is 13.8 Å². The molecule has 0 aromatic heterocycles. The maximum Gasteiger partial charge on any atom is 0.345 e. The predicted octanol–water partition coefficient (Wildman–Crippen LogP) is 2.42. The van der Waals surface area contributed by atoms with E-state index in [9.17, 15) is 14.4 Å². The second-order valence-electron chi connectivity index (χ2n) is 5.84. The summed E-state index contributed by atoms with van der Waals surface area (Å²) in [5.41, 5.74) is 2.40. The Morgan fingerprint density at radius 2 is 1.70 bits per heavy atom. The van der Waals surface area contributed by atoms with Gasteiger partial charge >= 0.3 is 12.0 Å². The van der Waals surface area contributed by atoms with E-state index in [1.54, 1.807) is 36.4 Å². The fourth-order valence-electron chi connectivity index (χ4n) is 2.32. The highest BCUT2D eigenvalue weighted by atomic mass is 16.6. The maximum atomic E-state index is 12.3. The van der Waals surface area contributed by atoms with Crippen molar-refractivity contribution in [3.05, 3.63) is 65.2 Å². The first kappa shape index (κ1) is 20.0. The zero-order chi connectivity index (χ0) is 19.8. The van der Waals surface area contributed by atoms with Crippen LogP contribution in [0.3, 0.4) is 0 Å². The highest BCUT2D eigenvalue weighted by Gasteiger charge is 2.26. The third-order valence-corrected chi connectivity index (χ3v) is 3.95. The van der Waals surface area contributed by atoms with Crippen molar-refractivity contribution in [2.75, 3.05) is 13.7 Å². The summed E-state index contributed by atoms with van der Waals surface area (Å²) in [6.45, 7) is 3.47. The number of carbonyl (C=O) groups excluding carboxylic acids is 3. The number of nitrogens with one attached hydrogen (secondary N) is 2. The fraction of sp³-hybridized carbons (Fsp3) is 0.250. The molecule has 2 aromatic carbocycles. The number of esters is 1. The molecule has 2 N–H and O–H groups in total. The van der Waals surface area contributed by atoms with Crippen molar-refractivity contribution in [1.82, 2.24) is 10.6 Å². The quantitative estimate of drug-likeness (QED) is 0.762. The van der Waals surface area contributed by atoms with Gasteiger partial charge in [-0.25, -0.2) is 9.59 Å². The number of amides is 3. The summed E-state index contributed by atoms with van der Waals surface area (Å²) >= 11 is 0. The van der Waals surface area contributed by atoms with E-state index in [0.29, 0.717) is 11.3 Å². The van der Waals surface area contributed by atoms with Crippen LogP contribution < -0.4 is 15.4 Å². The average Bonchev–Trinajstić information content (AvgIpc) is 2.67. The molecule has 0 spiro atoms. The van der Waals surface area contributed by atoms with Crippen LogP contribution in [0.25, 0.3) is 0 Å². The molecule has 0 radical (unpaired) electrons. The van der Waals surface area contributed by atoms with Gasteiger partial charge in [0.15, 0.2) is 6.61 Å². The van der Waals surface area contributed by atoms with Crippen molar-refractivity contribution >= 4 is 17.9 Å². The van der Waals surface area contributed by atoms with E-state index in [-0.39, 0.29) is 6.61 Å². The van der Waals surface area contributed by atoms with Crippen LogP contribution in [0.2, 0.25) is 0 Å². The number of aryl methyl sites for hydroxylation is 1. The van der Waals surface area contributed by atoms with Crippen LogP contribution in [0.5, 0.6) is 5.75 Å². The largest absolute Gasteiger partial charge is 0.482 e. The molecule has 2 rings (SSSR count). The zero-order valence-electron chi connectivity index (χ0n) is 15.4. The lowest BCUT2D eigenvalue weighted by atomic mass is 10.1. The molecule has 1 atom stereocenters. The molecule has 7 heteroatoms. The Morgan fingerprint density at radius 3 is 2.37 bits per heavy atom. The summed E-state index contributed by atoms with van der Waals surface area (Å²) in [6.07, 6.45) is -1.27. The van der Waals surface area contributed by atoms with Crippen molar-refractivity contribution in [1.29, 1.82) is 0 Å². The highest BCUT2D eigenvalue weighted by Crippen LogP contribution is 2.21. The summed E-state index contributed by atoms with van der Waals surface area (Å²) in [4.78, 5) is 36.0. The van der Waals surface area contributed by atoms with Crippen molar-refractivity contribution in [2.24, 2.45) is 0 Å². The Morgan fingerprint density at radius 1 is 1.00 bits per heavy atom. The minimum Gasteiger partial charge on any atom is -0.482 e. The summed E-state index contributed by atoms with van der Waals surface area (Å²) in [5, 5.41) is 4.39. The van der Waals surface area contributed by atoms with Crippen molar-refractivity contribution in [3.8, 4) is 5.75 Å². The number of urea groups is 1. The molecular weight excluding hydrogens is 348 g/mol. The van der Waals surface area contributed by atoms with E-state index in [0.717, 1.165) is 11.1 Å². The van der Waals surface area contributed by atoms with Crippen LogP contribution in [0.1, 0.15) is 22.8 Å². The van der Waals surface area contributed by atoms with E-state index in [4.69, 9.17) is 9.47 Å². The molecule has 0 aliphatic carbocycles. The fourth-order valence-corrected chi connectivity index (χ4v) is 2.32. The second-order valence-corrected chi connectivity index (χ2v) is 5.84. The number of ether oxygens (including phenoxy) is 2. The molecule has 142 valence electrons. The number of rotatable bonds is 6. The highest BCUT2D eigenvalue weighted by molar-refractivity contribution is 5.97. The van der Waals surface area contributed by atoms with Gasteiger partial charge in [-0.1, -0.05) is 42.5 Å². The molecule has 27 heavy (non-hydrogen) atoms. The smallest absolute Gasteiger partial charge is 0.345 e. The molecule has 0 aliphatic heterocycles. The number of hydrogen-bond donors (Lipinski definition) is 2. The third kappa shape index (κ3) is 5.57. The first-order valence-corrected chi connectivity index (χ1v) is 8.38. The Bertz CT molecular complexity index is 820. The van der Waals surface area contributed by atoms with Gasteiger partial charge in [0.2, 0.25) is 6.10 Å². The van der Waals surface area contributed by atoms with Gasteiger partial charge in [-0.2, -0.15) is 0 Å². The zero-order valence-corrected chi connectivity index (χ0v) is 15.4.